The molecule has 0 spiro atoms. The smallest absolute Gasteiger partial charge is 0.163 e. The molecular weight excluding hydrogens is 235 g/mol. The molecule has 1 aromatic carbocycles. The standard InChI is InChI=1S/C14H17FO3/c1-14(2)17-9-12(18-14)5-3-4-10-8-11(15)6-7-13(10)16/h3-4,6-8,12,16H,5,9H2,1-2H3/b4-3-/t12-/m1/s1. The molecule has 1 aliphatic heterocycles. The van der Waals surface area contributed by atoms with Crippen LogP contribution >= 0.6 is 0 Å². The van der Waals surface area contributed by atoms with E-state index in [2.05, 4.69) is 0 Å². The minimum absolute atomic E-state index is 0.00644. The number of phenols is 1. The molecule has 1 N–H and O–H groups in total. The lowest BCUT2D eigenvalue weighted by Crippen LogP contribution is -2.21. The van der Waals surface area contributed by atoms with E-state index in [-0.39, 0.29) is 17.7 Å². The maximum Gasteiger partial charge on any atom is 0.163 e. The van der Waals surface area contributed by atoms with Crippen LogP contribution in [0, 0.1) is 5.82 Å². The van der Waals surface area contributed by atoms with E-state index in [1.54, 1.807) is 6.08 Å². The summed E-state index contributed by atoms with van der Waals surface area (Å²) in [7, 11) is 0. The fourth-order valence-electron chi connectivity index (χ4n) is 1.88. The highest BCUT2D eigenvalue weighted by Crippen LogP contribution is 2.25. The summed E-state index contributed by atoms with van der Waals surface area (Å²) in [5.41, 5.74) is 0.466. The van der Waals surface area contributed by atoms with E-state index in [4.69, 9.17) is 9.47 Å². The zero-order chi connectivity index (χ0) is 13.2. The first-order chi connectivity index (χ1) is 8.46. The van der Waals surface area contributed by atoms with E-state index >= 15 is 0 Å². The van der Waals surface area contributed by atoms with Gasteiger partial charge in [-0.25, -0.2) is 4.39 Å². The number of phenolic OH excluding ortho intramolecular Hbond substituents is 1. The van der Waals surface area contributed by atoms with Gasteiger partial charge in [-0.1, -0.05) is 12.2 Å². The lowest BCUT2D eigenvalue weighted by molar-refractivity contribution is -0.137. The van der Waals surface area contributed by atoms with Gasteiger partial charge in [0.05, 0.1) is 12.7 Å². The van der Waals surface area contributed by atoms with Crippen LogP contribution in [0.4, 0.5) is 4.39 Å². The normalized spacial score (nSPS) is 22.7. The van der Waals surface area contributed by atoms with Crippen LogP contribution in [0.25, 0.3) is 6.08 Å². The van der Waals surface area contributed by atoms with Gasteiger partial charge in [0.15, 0.2) is 5.79 Å². The second-order valence-corrected chi connectivity index (χ2v) is 4.79. The fraction of sp³-hybridized carbons (Fsp3) is 0.429. The van der Waals surface area contributed by atoms with Crippen molar-refractivity contribution >= 4 is 6.08 Å². The Labute approximate surface area is 106 Å². The molecule has 18 heavy (non-hydrogen) atoms. The molecule has 0 amide bonds. The van der Waals surface area contributed by atoms with Gasteiger partial charge in [-0.2, -0.15) is 0 Å². The molecule has 0 aromatic heterocycles. The van der Waals surface area contributed by atoms with Crippen LogP contribution in [0.3, 0.4) is 0 Å². The molecule has 1 fully saturated rings. The Morgan fingerprint density at radius 2 is 2.28 bits per heavy atom. The molecule has 98 valence electrons. The van der Waals surface area contributed by atoms with Crippen molar-refractivity contribution in [2.45, 2.75) is 32.2 Å². The van der Waals surface area contributed by atoms with E-state index in [1.807, 2.05) is 19.9 Å². The van der Waals surface area contributed by atoms with E-state index in [0.29, 0.717) is 18.6 Å². The predicted molar refractivity (Wildman–Crippen MR) is 66.6 cm³/mol. The van der Waals surface area contributed by atoms with Crippen molar-refractivity contribution in [3.8, 4) is 5.75 Å². The van der Waals surface area contributed by atoms with E-state index in [1.165, 1.54) is 18.2 Å². The minimum Gasteiger partial charge on any atom is -0.507 e. The number of halogens is 1. The molecule has 0 saturated carbocycles. The van der Waals surface area contributed by atoms with E-state index in [9.17, 15) is 9.50 Å². The molecule has 1 heterocycles. The third-order valence-corrected chi connectivity index (χ3v) is 2.75. The van der Waals surface area contributed by atoms with Crippen LogP contribution in [0.15, 0.2) is 24.3 Å². The van der Waals surface area contributed by atoms with Crippen molar-refractivity contribution < 1.29 is 19.0 Å². The van der Waals surface area contributed by atoms with Crippen molar-refractivity contribution in [3.63, 3.8) is 0 Å². The van der Waals surface area contributed by atoms with Crippen molar-refractivity contribution in [1.82, 2.24) is 0 Å². The van der Waals surface area contributed by atoms with Crippen molar-refractivity contribution in [3.05, 3.63) is 35.7 Å². The molecule has 3 nitrogen and oxygen atoms in total. The maximum atomic E-state index is 13.0. The summed E-state index contributed by atoms with van der Waals surface area (Å²) in [6, 6.07) is 3.86. The summed E-state index contributed by atoms with van der Waals surface area (Å²) >= 11 is 0. The molecule has 1 aliphatic rings. The molecule has 1 atom stereocenters. The predicted octanol–water partition coefficient (Wildman–Crippen LogP) is 3.09. The van der Waals surface area contributed by atoms with E-state index in [0.717, 1.165) is 0 Å². The summed E-state index contributed by atoms with van der Waals surface area (Å²) in [5, 5.41) is 9.54. The Hall–Kier alpha value is -1.39. The number of benzene rings is 1. The fourth-order valence-corrected chi connectivity index (χ4v) is 1.88. The third kappa shape index (κ3) is 3.31. The monoisotopic (exact) mass is 252 g/mol. The molecule has 0 unspecified atom stereocenters. The highest BCUT2D eigenvalue weighted by atomic mass is 19.1. The lowest BCUT2D eigenvalue weighted by Gasteiger charge is -2.16. The number of hydrogen-bond acceptors (Lipinski definition) is 3. The second kappa shape index (κ2) is 5.08. The van der Waals surface area contributed by atoms with Crippen LogP contribution in [-0.4, -0.2) is 23.6 Å². The summed E-state index contributed by atoms with van der Waals surface area (Å²) in [6.07, 6.45) is 4.21. The maximum absolute atomic E-state index is 13.0. The lowest BCUT2D eigenvalue weighted by atomic mass is 10.1. The number of aromatic hydroxyl groups is 1. The van der Waals surface area contributed by atoms with Crippen molar-refractivity contribution in [2.75, 3.05) is 6.61 Å². The zero-order valence-electron chi connectivity index (χ0n) is 10.5. The number of hydrogen-bond donors (Lipinski definition) is 1. The zero-order valence-corrected chi connectivity index (χ0v) is 10.5. The van der Waals surface area contributed by atoms with Gasteiger partial charge in [-0.3, -0.25) is 0 Å². The SMILES string of the molecule is CC1(C)OC[C@@H](C/C=C\c2cc(F)ccc2O)O1. The molecule has 0 aliphatic carbocycles. The van der Waals surface area contributed by atoms with Crippen LogP contribution < -0.4 is 0 Å². The molecule has 1 aromatic rings. The summed E-state index contributed by atoms with van der Waals surface area (Å²) < 4.78 is 24.1. The molecule has 4 heteroatoms. The van der Waals surface area contributed by atoms with Crippen molar-refractivity contribution in [2.24, 2.45) is 0 Å². The van der Waals surface area contributed by atoms with Crippen LogP contribution in [0.1, 0.15) is 25.8 Å². The Bertz CT molecular complexity index is 454. The van der Waals surface area contributed by atoms with Gasteiger partial charge in [-0.15, -0.1) is 0 Å². The first-order valence-corrected chi connectivity index (χ1v) is 5.93. The van der Waals surface area contributed by atoms with Crippen LogP contribution in [-0.2, 0) is 9.47 Å². The van der Waals surface area contributed by atoms with Gasteiger partial charge < -0.3 is 14.6 Å². The van der Waals surface area contributed by atoms with Crippen LogP contribution in [0.2, 0.25) is 0 Å². The van der Waals surface area contributed by atoms with Crippen molar-refractivity contribution in [1.29, 1.82) is 0 Å². The van der Waals surface area contributed by atoms with Gasteiger partial charge in [0.25, 0.3) is 0 Å². The third-order valence-electron chi connectivity index (χ3n) is 2.75. The quantitative estimate of drug-likeness (QED) is 0.898. The minimum atomic E-state index is -0.528. The number of rotatable bonds is 3. The second-order valence-electron chi connectivity index (χ2n) is 4.79. The highest BCUT2D eigenvalue weighted by molar-refractivity contribution is 5.56. The van der Waals surface area contributed by atoms with Gasteiger partial charge in [-0.05, 0) is 38.5 Å². The van der Waals surface area contributed by atoms with Gasteiger partial charge in [0, 0.05) is 5.56 Å². The molecule has 0 radical (unpaired) electrons. The summed E-state index contributed by atoms with van der Waals surface area (Å²) in [4.78, 5) is 0. The summed E-state index contributed by atoms with van der Waals surface area (Å²) in [6.45, 7) is 4.29. The van der Waals surface area contributed by atoms with Gasteiger partial charge >= 0.3 is 0 Å². The molecular formula is C14H17FO3. The largest absolute Gasteiger partial charge is 0.507 e. The Kier molecular flexibility index (Phi) is 3.68. The first kappa shape index (κ1) is 13.1. The number of ether oxygens (including phenoxy) is 2. The Morgan fingerprint density at radius 3 is 2.94 bits per heavy atom. The Morgan fingerprint density at radius 1 is 1.50 bits per heavy atom. The van der Waals surface area contributed by atoms with Crippen LogP contribution in [0.5, 0.6) is 5.75 Å². The van der Waals surface area contributed by atoms with Gasteiger partial charge in [0.2, 0.25) is 0 Å². The molecule has 2 rings (SSSR count). The molecule has 0 bridgehead atoms. The van der Waals surface area contributed by atoms with E-state index < -0.39 is 5.79 Å². The topological polar surface area (TPSA) is 38.7 Å². The summed E-state index contributed by atoms with van der Waals surface area (Å²) in [5.74, 6) is -0.829. The highest BCUT2D eigenvalue weighted by Gasteiger charge is 2.31. The average molecular weight is 252 g/mol. The first-order valence-electron chi connectivity index (χ1n) is 5.93. The molecule has 1 saturated heterocycles. The van der Waals surface area contributed by atoms with Gasteiger partial charge in [0.1, 0.15) is 11.6 Å². The Balaban J connectivity index is 1.94. The average Bonchev–Trinajstić information content (AvgIpc) is 2.63.